The zero-order valence-corrected chi connectivity index (χ0v) is 15.3. The molecule has 9 heteroatoms. The fourth-order valence-electron chi connectivity index (χ4n) is 1.89. The molecule has 0 spiro atoms. The molecular formula is C16H22N4O4S. The molecule has 0 radical (unpaired) electrons. The van der Waals surface area contributed by atoms with Crippen molar-refractivity contribution in [3.8, 4) is 11.5 Å². The minimum atomic E-state index is -0.0684. The molecule has 0 bridgehead atoms. The molecule has 25 heavy (non-hydrogen) atoms. The standard InChI is InChI=1S/C16H22N4O4S/c1-20-14(10-24-13-6-4-12(23-3)5-7-13)18-19-16(20)25-11-15(21)17-8-9-22-2/h4-7H,8-11H2,1-3H3,(H,17,21). The fraction of sp³-hybridized carbons (Fsp3) is 0.438. The number of thioether (sulfide) groups is 1. The summed E-state index contributed by atoms with van der Waals surface area (Å²) >= 11 is 1.33. The SMILES string of the molecule is COCCNC(=O)CSc1nnc(COc2ccc(OC)cc2)n1C. The van der Waals surface area contributed by atoms with Gasteiger partial charge in [-0.2, -0.15) is 0 Å². The van der Waals surface area contributed by atoms with E-state index in [2.05, 4.69) is 15.5 Å². The molecule has 1 N–H and O–H groups in total. The highest BCUT2D eigenvalue weighted by Crippen LogP contribution is 2.19. The summed E-state index contributed by atoms with van der Waals surface area (Å²) in [6.07, 6.45) is 0. The quantitative estimate of drug-likeness (QED) is 0.500. The maximum absolute atomic E-state index is 11.7. The lowest BCUT2D eigenvalue weighted by molar-refractivity contribution is -0.118. The van der Waals surface area contributed by atoms with Gasteiger partial charge in [0, 0.05) is 20.7 Å². The molecule has 0 unspecified atom stereocenters. The Hall–Kier alpha value is -2.26. The molecule has 0 atom stereocenters. The summed E-state index contributed by atoms with van der Waals surface area (Å²) in [4.78, 5) is 11.7. The Labute approximate surface area is 150 Å². The first-order valence-corrected chi connectivity index (χ1v) is 8.66. The molecule has 2 aromatic rings. The molecule has 1 amide bonds. The van der Waals surface area contributed by atoms with E-state index in [1.54, 1.807) is 14.2 Å². The normalized spacial score (nSPS) is 10.5. The summed E-state index contributed by atoms with van der Waals surface area (Å²) in [5, 5.41) is 11.6. The van der Waals surface area contributed by atoms with Crippen molar-refractivity contribution in [2.45, 2.75) is 11.8 Å². The zero-order valence-electron chi connectivity index (χ0n) is 14.5. The number of hydrogen-bond donors (Lipinski definition) is 1. The van der Waals surface area contributed by atoms with Gasteiger partial charge in [-0.25, -0.2) is 0 Å². The van der Waals surface area contributed by atoms with Gasteiger partial charge >= 0.3 is 0 Å². The van der Waals surface area contributed by atoms with Crippen LogP contribution in [0.5, 0.6) is 11.5 Å². The van der Waals surface area contributed by atoms with Gasteiger partial charge in [-0.3, -0.25) is 4.79 Å². The molecule has 1 heterocycles. The van der Waals surface area contributed by atoms with Crippen LogP contribution in [0.4, 0.5) is 0 Å². The monoisotopic (exact) mass is 366 g/mol. The number of ether oxygens (including phenoxy) is 3. The van der Waals surface area contributed by atoms with Crippen LogP contribution in [0.1, 0.15) is 5.82 Å². The van der Waals surface area contributed by atoms with Gasteiger partial charge in [0.15, 0.2) is 11.0 Å². The fourth-order valence-corrected chi connectivity index (χ4v) is 2.65. The Balaban J connectivity index is 1.82. The third-order valence-electron chi connectivity index (χ3n) is 3.31. The molecule has 0 saturated carbocycles. The van der Waals surface area contributed by atoms with E-state index < -0.39 is 0 Å². The Morgan fingerprint density at radius 2 is 1.92 bits per heavy atom. The lowest BCUT2D eigenvalue weighted by Crippen LogP contribution is -2.28. The Morgan fingerprint density at radius 1 is 1.20 bits per heavy atom. The predicted molar refractivity (Wildman–Crippen MR) is 93.9 cm³/mol. The number of nitrogens with zero attached hydrogens (tertiary/aromatic N) is 3. The number of benzene rings is 1. The van der Waals surface area contributed by atoms with Crippen molar-refractivity contribution in [1.29, 1.82) is 0 Å². The van der Waals surface area contributed by atoms with Crippen molar-refractivity contribution in [2.24, 2.45) is 7.05 Å². The molecule has 0 fully saturated rings. The molecule has 8 nitrogen and oxygen atoms in total. The van der Waals surface area contributed by atoms with Gasteiger partial charge in [0.05, 0.1) is 19.5 Å². The first-order valence-electron chi connectivity index (χ1n) is 7.67. The van der Waals surface area contributed by atoms with Crippen molar-refractivity contribution >= 4 is 17.7 Å². The average Bonchev–Trinajstić information content (AvgIpc) is 2.98. The largest absolute Gasteiger partial charge is 0.497 e. The van der Waals surface area contributed by atoms with E-state index in [9.17, 15) is 4.79 Å². The molecule has 2 rings (SSSR count). The van der Waals surface area contributed by atoms with Gasteiger partial charge in [-0.1, -0.05) is 11.8 Å². The molecule has 0 aliphatic rings. The predicted octanol–water partition coefficient (Wildman–Crippen LogP) is 1.26. The van der Waals surface area contributed by atoms with Crippen molar-refractivity contribution < 1.29 is 19.0 Å². The van der Waals surface area contributed by atoms with Crippen LogP contribution < -0.4 is 14.8 Å². The van der Waals surface area contributed by atoms with E-state index in [4.69, 9.17) is 14.2 Å². The van der Waals surface area contributed by atoms with Crippen LogP contribution in [0, 0.1) is 0 Å². The summed E-state index contributed by atoms with van der Waals surface area (Å²) in [5.41, 5.74) is 0. The number of nitrogens with one attached hydrogen (secondary N) is 1. The average molecular weight is 366 g/mol. The summed E-state index contributed by atoms with van der Waals surface area (Å²) in [5.74, 6) is 2.37. The second-order valence-corrected chi connectivity index (χ2v) is 6.00. The van der Waals surface area contributed by atoms with Gasteiger partial charge in [0.1, 0.15) is 18.1 Å². The van der Waals surface area contributed by atoms with E-state index in [1.165, 1.54) is 11.8 Å². The van der Waals surface area contributed by atoms with Crippen LogP contribution >= 0.6 is 11.8 Å². The minimum Gasteiger partial charge on any atom is -0.497 e. The summed E-state index contributed by atoms with van der Waals surface area (Å²) in [7, 11) is 5.06. The number of aromatic nitrogens is 3. The summed E-state index contributed by atoms with van der Waals surface area (Å²) < 4.78 is 17.5. The number of hydrogen-bond acceptors (Lipinski definition) is 7. The van der Waals surface area contributed by atoms with Crippen LogP contribution in [0.3, 0.4) is 0 Å². The van der Waals surface area contributed by atoms with E-state index in [1.807, 2.05) is 35.9 Å². The Morgan fingerprint density at radius 3 is 2.60 bits per heavy atom. The first-order chi connectivity index (χ1) is 12.1. The van der Waals surface area contributed by atoms with E-state index >= 15 is 0 Å². The third-order valence-corrected chi connectivity index (χ3v) is 4.33. The lowest BCUT2D eigenvalue weighted by atomic mass is 10.3. The van der Waals surface area contributed by atoms with E-state index in [0.717, 1.165) is 11.5 Å². The lowest BCUT2D eigenvalue weighted by Gasteiger charge is -2.07. The smallest absolute Gasteiger partial charge is 0.230 e. The highest BCUT2D eigenvalue weighted by molar-refractivity contribution is 7.99. The maximum Gasteiger partial charge on any atom is 0.230 e. The molecule has 1 aromatic carbocycles. The van der Waals surface area contributed by atoms with Gasteiger partial charge in [-0.05, 0) is 24.3 Å². The summed E-state index contributed by atoms with van der Waals surface area (Å²) in [6.45, 7) is 1.28. The molecule has 0 saturated heterocycles. The van der Waals surface area contributed by atoms with Gasteiger partial charge < -0.3 is 24.1 Å². The molecular weight excluding hydrogens is 344 g/mol. The topological polar surface area (TPSA) is 87.5 Å². The number of carbonyl (C=O) groups is 1. The zero-order chi connectivity index (χ0) is 18.1. The number of rotatable bonds is 10. The van der Waals surface area contributed by atoms with Crippen LogP contribution in [0.2, 0.25) is 0 Å². The van der Waals surface area contributed by atoms with Crippen LogP contribution in [-0.2, 0) is 23.2 Å². The van der Waals surface area contributed by atoms with Crippen molar-refractivity contribution in [1.82, 2.24) is 20.1 Å². The molecule has 0 aliphatic heterocycles. The van der Waals surface area contributed by atoms with Crippen molar-refractivity contribution in [3.63, 3.8) is 0 Å². The van der Waals surface area contributed by atoms with Gasteiger partial charge in [0.2, 0.25) is 5.91 Å². The minimum absolute atomic E-state index is 0.0684. The Bertz CT molecular complexity index is 675. The molecule has 1 aromatic heterocycles. The van der Waals surface area contributed by atoms with E-state index in [0.29, 0.717) is 24.1 Å². The van der Waals surface area contributed by atoms with Gasteiger partial charge in [0.25, 0.3) is 0 Å². The Kier molecular flexibility index (Phi) is 7.55. The molecule has 136 valence electrons. The van der Waals surface area contributed by atoms with Gasteiger partial charge in [-0.15, -0.1) is 10.2 Å². The van der Waals surface area contributed by atoms with E-state index in [-0.39, 0.29) is 18.3 Å². The second kappa shape index (κ2) is 9.90. The summed E-state index contributed by atoms with van der Waals surface area (Å²) in [6, 6.07) is 7.31. The van der Waals surface area contributed by atoms with Crippen LogP contribution in [0.15, 0.2) is 29.4 Å². The second-order valence-electron chi connectivity index (χ2n) is 5.05. The maximum atomic E-state index is 11.7. The number of amides is 1. The molecule has 0 aliphatic carbocycles. The first kappa shape index (κ1) is 19.1. The highest BCUT2D eigenvalue weighted by atomic mass is 32.2. The van der Waals surface area contributed by atoms with Crippen molar-refractivity contribution in [3.05, 3.63) is 30.1 Å². The van der Waals surface area contributed by atoms with Crippen molar-refractivity contribution in [2.75, 3.05) is 33.1 Å². The highest BCUT2D eigenvalue weighted by Gasteiger charge is 2.12. The van der Waals surface area contributed by atoms with Crippen LogP contribution in [0.25, 0.3) is 0 Å². The number of carbonyl (C=O) groups excluding carboxylic acids is 1. The van der Waals surface area contributed by atoms with Crippen LogP contribution in [-0.4, -0.2) is 53.8 Å². The third kappa shape index (κ3) is 5.95. The number of methoxy groups -OCH3 is 2.